The highest BCUT2D eigenvalue weighted by Gasteiger charge is 2.18. The molecule has 4 heteroatoms. The third kappa shape index (κ3) is 2.12. The first-order valence-corrected chi connectivity index (χ1v) is 5.80. The fourth-order valence-corrected chi connectivity index (χ4v) is 3.14. The minimum absolute atomic E-state index is 0.228. The molecule has 0 aromatic rings. The third-order valence-corrected chi connectivity index (χ3v) is 4.09. The van der Waals surface area contributed by atoms with Gasteiger partial charge in [-0.2, -0.15) is 0 Å². The van der Waals surface area contributed by atoms with E-state index in [-0.39, 0.29) is 8.37 Å². The molecule has 0 aromatic heterocycles. The Kier molecular flexibility index (Phi) is 2.75. The fraction of sp³-hybridized carbons (Fsp3) is 1.00. The number of rotatable bonds is 0. The zero-order chi connectivity index (χ0) is 7.52. The van der Waals surface area contributed by atoms with Gasteiger partial charge in [-0.1, -0.05) is 0 Å². The van der Waals surface area contributed by atoms with Crippen LogP contribution in [0.4, 0.5) is 0 Å². The van der Waals surface area contributed by atoms with E-state index < -0.39 is 0 Å². The van der Waals surface area contributed by atoms with E-state index in [1.165, 1.54) is 38.9 Å². The highest BCUT2D eigenvalue weighted by molar-refractivity contribution is 7.51. The van der Waals surface area contributed by atoms with E-state index in [2.05, 4.69) is 15.3 Å². The molecule has 0 unspecified atom stereocenters. The molecule has 3 heterocycles. The van der Waals surface area contributed by atoms with Gasteiger partial charge in [0.05, 0.1) is 0 Å². The van der Waals surface area contributed by atoms with Crippen molar-refractivity contribution in [3.63, 3.8) is 0 Å². The lowest BCUT2D eigenvalue weighted by Gasteiger charge is -2.31. The molecule has 2 bridgehead atoms. The highest BCUT2D eigenvalue weighted by atomic mass is 31.1. The van der Waals surface area contributed by atoms with E-state index >= 15 is 0 Å². The molecule has 0 aromatic carbocycles. The molecule has 0 amide bonds. The Balaban J connectivity index is 1.96. The van der Waals surface area contributed by atoms with Crippen molar-refractivity contribution in [3.05, 3.63) is 0 Å². The molecule has 3 aliphatic rings. The predicted octanol–water partition coefficient (Wildman–Crippen LogP) is 0.796. The molecule has 3 fully saturated rings. The van der Waals surface area contributed by atoms with Crippen molar-refractivity contribution in [2.45, 2.75) is 19.3 Å². The van der Waals surface area contributed by atoms with Crippen LogP contribution in [-0.4, -0.2) is 19.6 Å². The van der Waals surface area contributed by atoms with Gasteiger partial charge in [0, 0.05) is 19.6 Å². The summed E-state index contributed by atoms with van der Waals surface area (Å²) >= 11 is 0. The molecule has 11 heavy (non-hydrogen) atoms. The Morgan fingerprint density at radius 1 is 0.818 bits per heavy atom. The summed E-state index contributed by atoms with van der Waals surface area (Å²) in [4.78, 5) is 0. The SMILES string of the molecule is C1CC2CCNP(N1)NCC2. The summed E-state index contributed by atoms with van der Waals surface area (Å²) in [6.07, 6.45) is 4.13. The Bertz CT molecular complexity index is 95.1. The zero-order valence-electron chi connectivity index (χ0n) is 6.77. The molecule has 3 saturated heterocycles. The van der Waals surface area contributed by atoms with Gasteiger partial charge in [-0.15, -0.1) is 0 Å². The standard InChI is InChI=1S/C7H16N3P/c1-4-8-11-9-5-2-7(1)3-6-10-11/h7-10H,1-6H2. The molecule has 0 aliphatic carbocycles. The van der Waals surface area contributed by atoms with E-state index in [0.29, 0.717) is 0 Å². The number of hydrogen-bond donors (Lipinski definition) is 3. The summed E-state index contributed by atoms with van der Waals surface area (Å²) in [7, 11) is -0.228. The molecule has 0 saturated carbocycles. The summed E-state index contributed by atoms with van der Waals surface area (Å²) in [5, 5.41) is 10.5. The lowest BCUT2D eigenvalue weighted by atomic mass is 9.98. The van der Waals surface area contributed by atoms with Crippen LogP contribution in [0.5, 0.6) is 0 Å². The average Bonchev–Trinajstić information content (AvgIpc) is 1.80. The van der Waals surface area contributed by atoms with Crippen molar-refractivity contribution in [3.8, 4) is 0 Å². The van der Waals surface area contributed by atoms with Gasteiger partial charge in [-0.25, -0.2) is 0 Å². The second kappa shape index (κ2) is 3.81. The predicted molar refractivity (Wildman–Crippen MR) is 48.3 cm³/mol. The van der Waals surface area contributed by atoms with Crippen molar-refractivity contribution in [1.82, 2.24) is 15.3 Å². The van der Waals surface area contributed by atoms with E-state index in [4.69, 9.17) is 0 Å². The van der Waals surface area contributed by atoms with Crippen molar-refractivity contribution < 1.29 is 0 Å². The Hall–Kier alpha value is 0.310. The Morgan fingerprint density at radius 2 is 1.27 bits per heavy atom. The monoisotopic (exact) mass is 173 g/mol. The molecule has 3 N–H and O–H groups in total. The largest absolute Gasteiger partial charge is 0.271 e. The Labute approximate surface area is 69.2 Å². The first-order valence-electron chi connectivity index (χ1n) is 4.46. The van der Waals surface area contributed by atoms with Gasteiger partial charge in [0.25, 0.3) is 0 Å². The molecule has 3 nitrogen and oxygen atoms in total. The van der Waals surface area contributed by atoms with Crippen LogP contribution in [0.25, 0.3) is 0 Å². The first-order chi connectivity index (χ1) is 5.45. The topological polar surface area (TPSA) is 36.1 Å². The molecule has 3 aliphatic heterocycles. The number of fused-ring (bicyclic) bond motifs is 6. The maximum absolute atomic E-state index is 3.50. The maximum Gasteiger partial charge on any atom is 0.111 e. The van der Waals surface area contributed by atoms with Crippen molar-refractivity contribution in [2.24, 2.45) is 5.92 Å². The molecular weight excluding hydrogens is 157 g/mol. The number of hydrogen-bond acceptors (Lipinski definition) is 3. The summed E-state index contributed by atoms with van der Waals surface area (Å²) < 4.78 is 0. The zero-order valence-corrected chi connectivity index (χ0v) is 7.66. The van der Waals surface area contributed by atoms with Crippen molar-refractivity contribution in [2.75, 3.05) is 19.6 Å². The van der Waals surface area contributed by atoms with Crippen LogP contribution in [0.15, 0.2) is 0 Å². The lowest BCUT2D eigenvalue weighted by molar-refractivity contribution is 0.401. The molecule has 3 rings (SSSR count). The van der Waals surface area contributed by atoms with Crippen LogP contribution in [0.1, 0.15) is 19.3 Å². The summed E-state index contributed by atoms with van der Waals surface area (Å²) in [5.74, 6) is 0.944. The van der Waals surface area contributed by atoms with Crippen LogP contribution >= 0.6 is 8.37 Å². The Morgan fingerprint density at radius 3 is 1.73 bits per heavy atom. The van der Waals surface area contributed by atoms with E-state index in [1.54, 1.807) is 0 Å². The second-order valence-corrected chi connectivity index (χ2v) is 4.91. The van der Waals surface area contributed by atoms with E-state index in [9.17, 15) is 0 Å². The number of nitrogens with one attached hydrogen (secondary N) is 3. The van der Waals surface area contributed by atoms with Gasteiger partial charge in [-0.05, 0) is 25.2 Å². The smallest absolute Gasteiger partial charge is 0.111 e. The van der Waals surface area contributed by atoms with Crippen LogP contribution in [0.3, 0.4) is 0 Å². The van der Waals surface area contributed by atoms with Crippen LogP contribution in [0.2, 0.25) is 0 Å². The fourth-order valence-electron chi connectivity index (χ4n) is 1.74. The summed E-state index contributed by atoms with van der Waals surface area (Å²) in [5.41, 5.74) is 0. The van der Waals surface area contributed by atoms with Crippen LogP contribution in [0, 0.1) is 5.92 Å². The van der Waals surface area contributed by atoms with Crippen LogP contribution in [-0.2, 0) is 0 Å². The van der Waals surface area contributed by atoms with Gasteiger partial charge in [0.1, 0.15) is 8.37 Å². The summed E-state index contributed by atoms with van der Waals surface area (Å²) in [6.45, 7) is 3.57. The van der Waals surface area contributed by atoms with Gasteiger partial charge >= 0.3 is 0 Å². The second-order valence-electron chi connectivity index (χ2n) is 3.29. The molecule has 0 atom stereocenters. The van der Waals surface area contributed by atoms with Crippen molar-refractivity contribution in [1.29, 1.82) is 0 Å². The molecular formula is C7H16N3P. The molecule has 0 spiro atoms. The minimum atomic E-state index is -0.228. The van der Waals surface area contributed by atoms with Crippen LogP contribution < -0.4 is 15.3 Å². The minimum Gasteiger partial charge on any atom is -0.271 e. The quantitative estimate of drug-likeness (QED) is 0.474. The molecule has 0 radical (unpaired) electrons. The first kappa shape index (κ1) is 7.93. The maximum atomic E-state index is 3.50. The summed E-state index contributed by atoms with van der Waals surface area (Å²) in [6, 6.07) is 0. The van der Waals surface area contributed by atoms with Gasteiger partial charge < -0.3 is 0 Å². The average molecular weight is 173 g/mol. The highest BCUT2D eigenvalue weighted by Crippen LogP contribution is 2.27. The van der Waals surface area contributed by atoms with Gasteiger partial charge in [-0.3, -0.25) is 15.3 Å². The van der Waals surface area contributed by atoms with Gasteiger partial charge in [0.2, 0.25) is 0 Å². The van der Waals surface area contributed by atoms with E-state index in [0.717, 1.165) is 5.92 Å². The lowest BCUT2D eigenvalue weighted by Crippen LogP contribution is -2.37. The third-order valence-electron chi connectivity index (χ3n) is 2.47. The van der Waals surface area contributed by atoms with E-state index in [1.807, 2.05) is 0 Å². The molecule has 64 valence electrons. The van der Waals surface area contributed by atoms with Gasteiger partial charge in [0.15, 0.2) is 0 Å². The normalized spacial score (nSPS) is 39.3. The van der Waals surface area contributed by atoms with Crippen molar-refractivity contribution >= 4 is 8.37 Å².